The maximum absolute atomic E-state index is 5.62. The summed E-state index contributed by atoms with van der Waals surface area (Å²) in [6.07, 6.45) is 2.89. The summed E-state index contributed by atoms with van der Waals surface area (Å²) in [5, 5.41) is 0. The Balaban J connectivity index is 4.44. The van der Waals surface area contributed by atoms with Crippen molar-refractivity contribution in [1.29, 1.82) is 0 Å². The Morgan fingerprint density at radius 2 is 1.77 bits per heavy atom. The van der Waals surface area contributed by atoms with E-state index in [2.05, 4.69) is 16.4 Å². The van der Waals surface area contributed by atoms with Gasteiger partial charge in [0.05, 0.1) is 0 Å². The Hall–Kier alpha value is -0.560. The van der Waals surface area contributed by atoms with Gasteiger partial charge in [-0.1, -0.05) is 6.92 Å². The molecular weight excluding hydrogens is 183 g/mol. The summed E-state index contributed by atoms with van der Waals surface area (Å²) in [6.45, 7) is 9.60. The smallest absolute Gasteiger partial charge is 0.267 e. The van der Waals surface area contributed by atoms with E-state index < -0.39 is 7.73 Å². The van der Waals surface area contributed by atoms with E-state index in [-0.39, 0.29) is 0 Å². The molecule has 0 aliphatic rings. The molecule has 3 nitrogen and oxygen atoms in total. The highest BCUT2D eigenvalue weighted by molar-refractivity contribution is 7.30. The molecular formula is C9H19N2OP. The topological polar surface area (TPSA) is 34.0 Å². The normalized spacial score (nSPS) is 13.5. The second kappa shape index (κ2) is 8.06. The highest BCUT2D eigenvalue weighted by Crippen LogP contribution is 2.23. The van der Waals surface area contributed by atoms with Crippen LogP contribution in [0.3, 0.4) is 0 Å². The van der Waals surface area contributed by atoms with Crippen LogP contribution in [-0.4, -0.2) is 13.1 Å². The largest absolute Gasteiger partial charge is 0.421 e. The van der Waals surface area contributed by atoms with Crippen molar-refractivity contribution < 1.29 is 4.52 Å². The van der Waals surface area contributed by atoms with Crippen LogP contribution in [0.5, 0.6) is 0 Å². The SMILES string of the molecule is CC=C(CC)OP(=NCC)=NCC. The van der Waals surface area contributed by atoms with Gasteiger partial charge >= 0.3 is 0 Å². The lowest BCUT2D eigenvalue weighted by Crippen LogP contribution is -1.79. The number of hydrogen-bond acceptors (Lipinski definition) is 3. The molecule has 0 unspecified atom stereocenters. The van der Waals surface area contributed by atoms with Crippen molar-refractivity contribution in [2.24, 2.45) is 9.49 Å². The Morgan fingerprint density at radius 3 is 2.08 bits per heavy atom. The zero-order chi connectivity index (χ0) is 10.1. The molecule has 0 atom stereocenters. The molecule has 13 heavy (non-hydrogen) atoms. The lowest BCUT2D eigenvalue weighted by atomic mass is 10.4. The summed E-state index contributed by atoms with van der Waals surface area (Å²) in [5.41, 5.74) is 0. The van der Waals surface area contributed by atoms with Crippen LogP contribution in [0.4, 0.5) is 0 Å². The summed E-state index contributed by atoms with van der Waals surface area (Å²) in [5.74, 6) is 0.987. The van der Waals surface area contributed by atoms with Gasteiger partial charge in [0.15, 0.2) is 0 Å². The van der Waals surface area contributed by atoms with Crippen molar-refractivity contribution >= 4 is 7.73 Å². The fraction of sp³-hybridized carbons (Fsp3) is 0.778. The van der Waals surface area contributed by atoms with Crippen LogP contribution < -0.4 is 0 Å². The third kappa shape index (κ3) is 5.64. The second-order valence-electron chi connectivity index (χ2n) is 2.37. The van der Waals surface area contributed by atoms with Gasteiger partial charge < -0.3 is 4.52 Å². The first-order chi connectivity index (χ1) is 6.28. The van der Waals surface area contributed by atoms with E-state index in [0.717, 1.165) is 25.3 Å². The minimum atomic E-state index is -0.930. The second-order valence-corrected chi connectivity index (χ2v) is 3.62. The lowest BCUT2D eigenvalue weighted by Gasteiger charge is -2.02. The molecule has 76 valence electrons. The van der Waals surface area contributed by atoms with Crippen LogP contribution in [-0.2, 0) is 4.52 Å². The van der Waals surface area contributed by atoms with Crippen molar-refractivity contribution in [3.8, 4) is 0 Å². The average Bonchev–Trinajstić information content (AvgIpc) is 2.14. The molecule has 0 saturated carbocycles. The van der Waals surface area contributed by atoms with Crippen LogP contribution in [0, 0.1) is 0 Å². The van der Waals surface area contributed by atoms with E-state index in [1.807, 2.05) is 26.8 Å². The molecule has 0 N–H and O–H groups in total. The number of hydrogen-bond donors (Lipinski definition) is 0. The van der Waals surface area contributed by atoms with Crippen LogP contribution in [0.1, 0.15) is 34.1 Å². The van der Waals surface area contributed by atoms with Crippen LogP contribution in [0.2, 0.25) is 0 Å². The van der Waals surface area contributed by atoms with Crippen LogP contribution in [0.25, 0.3) is 0 Å². The minimum absolute atomic E-state index is 0.774. The first-order valence-corrected chi connectivity index (χ1v) is 5.93. The van der Waals surface area contributed by atoms with E-state index >= 15 is 0 Å². The van der Waals surface area contributed by atoms with Crippen molar-refractivity contribution in [2.75, 3.05) is 13.1 Å². The summed E-state index contributed by atoms with van der Waals surface area (Å²) < 4.78 is 14.2. The molecule has 0 aliphatic heterocycles. The average molecular weight is 202 g/mol. The number of nitrogens with zero attached hydrogens (tertiary/aromatic N) is 2. The zero-order valence-corrected chi connectivity index (χ0v) is 9.84. The maximum atomic E-state index is 5.62. The van der Waals surface area contributed by atoms with E-state index in [0.29, 0.717) is 0 Å². The Bertz CT molecular complexity index is 228. The van der Waals surface area contributed by atoms with Crippen molar-refractivity contribution in [2.45, 2.75) is 34.1 Å². The van der Waals surface area contributed by atoms with Crippen molar-refractivity contribution in [3.63, 3.8) is 0 Å². The fourth-order valence-corrected chi connectivity index (χ4v) is 1.90. The highest BCUT2D eigenvalue weighted by atomic mass is 31.1. The molecule has 0 aromatic heterocycles. The van der Waals surface area contributed by atoms with Gasteiger partial charge in [-0.15, -0.1) is 0 Å². The van der Waals surface area contributed by atoms with E-state index in [4.69, 9.17) is 4.52 Å². The Labute approximate surface area is 81.5 Å². The van der Waals surface area contributed by atoms with Gasteiger partial charge in [-0.2, -0.15) is 0 Å². The maximum Gasteiger partial charge on any atom is 0.267 e. The first-order valence-electron chi connectivity index (χ1n) is 4.76. The summed E-state index contributed by atoms with van der Waals surface area (Å²) in [7, 11) is -0.930. The van der Waals surface area contributed by atoms with Gasteiger partial charge in [0.2, 0.25) is 0 Å². The monoisotopic (exact) mass is 202 g/mol. The third-order valence-corrected chi connectivity index (χ3v) is 2.84. The van der Waals surface area contributed by atoms with Gasteiger partial charge in [0.1, 0.15) is 5.76 Å². The van der Waals surface area contributed by atoms with Gasteiger partial charge in [0.25, 0.3) is 7.73 Å². The van der Waals surface area contributed by atoms with Crippen LogP contribution in [0.15, 0.2) is 21.3 Å². The van der Waals surface area contributed by atoms with Gasteiger partial charge in [-0.05, 0) is 26.8 Å². The molecule has 0 aromatic rings. The lowest BCUT2D eigenvalue weighted by molar-refractivity contribution is 0.460. The standard InChI is InChI=1S/C9H19N2OP/c1-5-9(6-2)12-13(10-7-3)11-8-4/h5H,6-8H2,1-4H3. The van der Waals surface area contributed by atoms with Gasteiger partial charge in [-0.25, -0.2) is 9.49 Å². The summed E-state index contributed by atoms with van der Waals surface area (Å²) >= 11 is 0. The van der Waals surface area contributed by atoms with Crippen LogP contribution >= 0.6 is 7.73 Å². The quantitative estimate of drug-likeness (QED) is 0.487. The highest BCUT2D eigenvalue weighted by Gasteiger charge is 1.93. The molecule has 0 spiro atoms. The van der Waals surface area contributed by atoms with Gasteiger partial charge in [0, 0.05) is 19.5 Å². The molecule has 0 heterocycles. The van der Waals surface area contributed by atoms with Gasteiger partial charge in [-0.3, -0.25) is 0 Å². The predicted octanol–water partition coefficient (Wildman–Crippen LogP) is 4.12. The number of rotatable bonds is 5. The molecule has 0 saturated heterocycles. The molecule has 0 bridgehead atoms. The van der Waals surface area contributed by atoms with Crippen molar-refractivity contribution in [1.82, 2.24) is 0 Å². The van der Waals surface area contributed by atoms with E-state index in [9.17, 15) is 0 Å². The molecule has 0 aromatic carbocycles. The zero-order valence-electron chi connectivity index (χ0n) is 8.95. The van der Waals surface area contributed by atoms with E-state index in [1.165, 1.54) is 0 Å². The molecule has 4 heteroatoms. The molecule has 0 radical (unpaired) electrons. The Kier molecular flexibility index (Phi) is 7.71. The van der Waals surface area contributed by atoms with Crippen molar-refractivity contribution in [3.05, 3.63) is 11.8 Å². The molecule has 0 fully saturated rings. The first kappa shape index (κ1) is 12.4. The fourth-order valence-electron chi connectivity index (χ4n) is 0.771. The number of allylic oxidation sites excluding steroid dienone is 2. The molecule has 0 amide bonds. The minimum Gasteiger partial charge on any atom is -0.421 e. The summed E-state index contributed by atoms with van der Waals surface area (Å²) in [4.78, 5) is 0. The Morgan fingerprint density at radius 1 is 1.23 bits per heavy atom. The summed E-state index contributed by atoms with van der Waals surface area (Å²) in [6, 6.07) is 0. The third-order valence-electron chi connectivity index (χ3n) is 1.39. The molecule has 0 aliphatic carbocycles. The predicted molar refractivity (Wildman–Crippen MR) is 58.0 cm³/mol. The molecule has 0 rings (SSSR count). The van der Waals surface area contributed by atoms with E-state index in [1.54, 1.807) is 0 Å².